The van der Waals surface area contributed by atoms with Crippen LogP contribution in [0.4, 0.5) is 0 Å². The van der Waals surface area contributed by atoms with Crippen LogP contribution in [0.15, 0.2) is 34.9 Å². The Morgan fingerprint density at radius 2 is 2.05 bits per heavy atom. The van der Waals surface area contributed by atoms with Crippen LogP contribution in [0.1, 0.15) is 29.6 Å². The van der Waals surface area contributed by atoms with E-state index in [1.54, 1.807) is 6.26 Å². The van der Waals surface area contributed by atoms with Gasteiger partial charge >= 0.3 is 0 Å². The molecule has 100 valence electrons. The van der Waals surface area contributed by atoms with E-state index in [0.29, 0.717) is 12.2 Å². The van der Waals surface area contributed by atoms with Crippen molar-refractivity contribution < 1.29 is 9.21 Å². The molecule has 3 rings (SSSR count). The molecular weight excluding hydrogens is 240 g/mol. The lowest BCUT2D eigenvalue weighted by Crippen LogP contribution is -2.40. The predicted molar refractivity (Wildman–Crippen MR) is 73.1 cm³/mol. The van der Waals surface area contributed by atoms with Gasteiger partial charge < -0.3 is 9.73 Å². The van der Waals surface area contributed by atoms with Crippen LogP contribution in [0.2, 0.25) is 0 Å². The SMILES string of the molecule is O=C(NCN1CCCCC1)c1ccc2occcc1-2. The number of likely N-dealkylation sites (tertiary alicyclic amines) is 1. The van der Waals surface area contributed by atoms with Crippen LogP contribution in [0.25, 0.3) is 11.3 Å². The lowest BCUT2D eigenvalue weighted by molar-refractivity contribution is 0.0915. The van der Waals surface area contributed by atoms with E-state index in [2.05, 4.69) is 10.2 Å². The Hall–Kier alpha value is -1.81. The number of hydrogen-bond acceptors (Lipinski definition) is 3. The lowest BCUT2D eigenvalue weighted by Gasteiger charge is -2.26. The fraction of sp³-hybridized carbons (Fsp3) is 0.400. The fourth-order valence-electron chi connectivity index (χ4n) is 2.59. The number of nitrogens with one attached hydrogen (secondary N) is 1. The molecule has 4 nitrogen and oxygen atoms in total. The average Bonchev–Trinajstić information content (AvgIpc) is 2.90. The third-order valence-electron chi connectivity index (χ3n) is 3.65. The van der Waals surface area contributed by atoms with Crippen LogP contribution in [0.5, 0.6) is 0 Å². The molecule has 0 radical (unpaired) electrons. The molecule has 1 amide bonds. The summed E-state index contributed by atoms with van der Waals surface area (Å²) in [7, 11) is 0. The van der Waals surface area contributed by atoms with Gasteiger partial charge in [0.25, 0.3) is 5.91 Å². The van der Waals surface area contributed by atoms with Gasteiger partial charge in [-0.2, -0.15) is 0 Å². The summed E-state index contributed by atoms with van der Waals surface area (Å²) in [6, 6.07) is 7.38. The van der Waals surface area contributed by atoms with Gasteiger partial charge in [-0.15, -0.1) is 0 Å². The van der Waals surface area contributed by atoms with Crippen molar-refractivity contribution in [3.63, 3.8) is 0 Å². The highest BCUT2D eigenvalue weighted by Gasteiger charge is 2.18. The second-order valence-corrected chi connectivity index (χ2v) is 4.98. The van der Waals surface area contributed by atoms with Gasteiger partial charge in [-0.3, -0.25) is 9.69 Å². The molecule has 1 aliphatic carbocycles. The van der Waals surface area contributed by atoms with Crippen LogP contribution in [0, 0.1) is 0 Å². The van der Waals surface area contributed by atoms with Crippen LogP contribution in [0.3, 0.4) is 0 Å². The Labute approximate surface area is 112 Å². The monoisotopic (exact) mass is 258 g/mol. The highest BCUT2D eigenvalue weighted by Crippen LogP contribution is 2.27. The van der Waals surface area contributed by atoms with Crippen molar-refractivity contribution >= 4 is 5.91 Å². The molecule has 3 aliphatic rings. The van der Waals surface area contributed by atoms with Crippen molar-refractivity contribution in [2.75, 3.05) is 19.8 Å². The molecule has 0 aromatic carbocycles. The number of hydrogen-bond donors (Lipinski definition) is 1. The first-order valence-corrected chi connectivity index (χ1v) is 6.81. The van der Waals surface area contributed by atoms with Crippen molar-refractivity contribution in [3.05, 3.63) is 36.1 Å². The number of piperidine rings is 1. The van der Waals surface area contributed by atoms with Crippen LogP contribution < -0.4 is 5.32 Å². The molecule has 0 saturated carbocycles. The van der Waals surface area contributed by atoms with E-state index < -0.39 is 0 Å². The van der Waals surface area contributed by atoms with Crippen LogP contribution in [-0.2, 0) is 0 Å². The second kappa shape index (κ2) is 5.45. The minimum absolute atomic E-state index is 0.0260. The number of fused-ring (bicyclic) bond motifs is 1. The molecular formula is C15H18N2O2. The summed E-state index contributed by atoms with van der Waals surface area (Å²) in [6.45, 7) is 2.80. The fourth-order valence-corrected chi connectivity index (χ4v) is 2.59. The summed E-state index contributed by atoms with van der Waals surface area (Å²) in [4.78, 5) is 14.5. The molecule has 0 atom stereocenters. The topological polar surface area (TPSA) is 45.5 Å². The van der Waals surface area contributed by atoms with Gasteiger partial charge in [0, 0.05) is 5.56 Å². The van der Waals surface area contributed by atoms with Crippen molar-refractivity contribution in [2.45, 2.75) is 19.3 Å². The van der Waals surface area contributed by atoms with E-state index in [1.807, 2.05) is 24.3 Å². The third-order valence-corrected chi connectivity index (χ3v) is 3.65. The van der Waals surface area contributed by atoms with E-state index in [0.717, 1.165) is 24.4 Å². The van der Waals surface area contributed by atoms with E-state index in [1.165, 1.54) is 19.3 Å². The van der Waals surface area contributed by atoms with Gasteiger partial charge in [-0.05, 0) is 50.2 Å². The molecule has 1 fully saturated rings. The minimum Gasteiger partial charge on any atom is -0.464 e. The first-order chi connectivity index (χ1) is 9.34. The maximum Gasteiger partial charge on any atom is 0.253 e. The van der Waals surface area contributed by atoms with Gasteiger partial charge in [0.2, 0.25) is 0 Å². The van der Waals surface area contributed by atoms with Gasteiger partial charge in [0.05, 0.1) is 18.5 Å². The number of amides is 1. The van der Waals surface area contributed by atoms with Gasteiger partial charge in [0.1, 0.15) is 5.76 Å². The van der Waals surface area contributed by atoms with E-state index in [-0.39, 0.29) is 5.91 Å². The quantitative estimate of drug-likeness (QED) is 0.920. The smallest absolute Gasteiger partial charge is 0.253 e. The molecule has 2 aliphatic heterocycles. The summed E-state index contributed by atoms with van der Waals surface area (Å²) in [5.41, 5.74) is 1.56. The molecule has 0 spiro atoms. The maximum atomic E-state index is 12.2. The Bertz CT molecular complexity index is 529. The van der Waals surface area contributed by atoms with Crippen molar-refractivity contribution in [3.8, 4) is 11.3 Å². The molecule has 0 aromatic rings. The van der Waals surface area contributed by atoms with E-state index in [9.17, 15) is 4.79 Å². The molecule has 0 bridgehead atoms. The van der Waals surface area contributed by atoms with Gasteiger partial charge in [0.15, 0.2) is 0 Å². The first-order valence-electron chi connectivity index (χ1n) is 6.81. The predicted octanol–water partition coefficient (Wildman–Crippen LogP) is 2.56. The standard InChI is InChI=1S/C15H18N2O2/c18-15(16-11-17-8-2-1-3-9-17)13-6-7-14-12(13)5-4-10-19-14/h4-7,10H,1-3,8-9,11H2,(H,16,18). The Morgan fingerprint density at radius 1 is 1.21 bits per heavy atom. The van der Waals surface area contributed by atoms with Gasteiger partial charge in [-0.1, -0.05) is 6.42 Å². The molecule has 0 unspecified atom stereocenters. The second-order valence-electron chi connectivity index (χ2n) is 4.98. The summed E-state index contributed by atoms with van der Waals surface area (Å²) in [5, 5.41) is 2.99. The average molecular weight is 258 g/mol. The molecule has 1 saturated heterocycles. The van der Waals surface area contributed by atoms with Crippen molar-refractivity contribution in [1.82, 2.24) is 10.2 Å². The molecule has 19 heavy (non-hydrogen) atoms. The lowest BCUT2D eigenvalue weighted by atomic mass is 10.1. The number of nitrogens with zero attached hydrogens (tertiary/aromatic N) is 1. The zero-order valence-electron chi connectivity index (χ0n) is 10.9. The Morgan fingerprint density at radius 3 is 2.89 bits per heavy atom. The largest absolute Gasteiger partial charge is 0.464 e. The summed E-state index contributed by atoms with van der Waals surface area (Å²) in [5.74, 6) is 0.729. The van der Waals surface area contributed by atoms with E-state index in [4.69, 9.17) is 4.42 Å². The summed E-state index contributed by atoms with van der Waals surface area (Å²) < 4.78 is 5.35. The zero-order valence-corrected chi connectivity index (χ0v) is 10.9. The third kappa shape index (κ3) is 2.63. The molecule has 1 N–H and O–H groups in total. The van der Waals surface area contributed by atoms with Gasteiger partial charge in [-0.25, -0.2) is 0 Å². The Balaban J connectivity index is 1.64. The maximum absolute atomic E-state index is 12.2. The highest BCUT2D eigenvalue weighted by atomic mass is 16.3. The molecule has 0 aromatic heterocycles. The highest BCUT2D eigenvalue weighted by molar-refractivity contribution is 6.01. The Kier molecular flexibility index (Phi) is 3.51. The molecule has 4 heteroatoms. The number of carbonyl (C=O) groups is 1. The first kappa shape index (κ1) is 12.2. The summed E-state index contributed by atoms with van der Waals surface area (Å²) in [6.07, 6.45) is 5.39. The minimum atomic E-state index is -0.0260. The van der Waals surface area contributed by atoms with Crippen molar-refractivity contribution in [1.29, 1.82) is 0 Å². The van der Waals surface area contributed by atoms with Crippen LogP contribution in [-0.4, -0.2) is 30.6 Å². The molecule has 2 heterocycles. The normalized spacial score (nSPS) is 16.6. The van der Waals surface area contributed by atoms with Crippen LogP contribution >= 0.6 is 0 Å². The zero-order chi connectivity index (χ0) is 13.1. The van der Waals surface area contributed by atoms with Crippen molar-refractivity contribution in [2.24, 2.45) is 0 Å². The number of rotatable bonds is 3. The van der Waals surface area contributed by atoms with E-state index >= 15 is 0 Å². The summed E-state index contributed by atoms with van der Waals surface area (Å²) >= 11 is 0. The number of carbonyl (C=O) groups excluding carboxylic acids is 1.